The molecule has 1 aliphatic heterocycles. The van der Waals surface area contributed by atoms with Crippen molar-refractivity contribution < 1.29 is 4.79 Å². The number of amides is 1. The first kappa shape index (κ1) is 21.8. The summed E-state index contributed by atoms with van der Waals surface area (Å²) in [4.78, 5) is 24.4. The zero-order valence-electron chi connectivity index (χ0n) is 16.3. The zero-order chi connectivity index (χ0) is 19.5. The molecule has 3 heterocycles. The van der Waals surface area contributed by atoms with Gasteiger partial charge in [0, 0.05) is 39.6 Å². The lowest BCUT2D eigenvalue weighted by Gasteiger charge is -2.22. The predicted molar refractivity (Wildman–Crippen MR) is 128 cm³/mol. The van der Waals surface area contributed by atoms with Crippen LogP contribution in [0.4, 0.5) is 11.4 Å². The highest BCUT2D eigenvalue weighted by Crippen LogP contribution is 2.30. The van der Waals surface area contributed by atoms with Crippen molar-refractivity contribution in [2.45, 2.75) is 32.6 Å². The van der Waals surface area contributed by atoms with Crippen LogP contribution in [0.5, 0.6) is 0 Å². The summed E-state index contributed by atoms with van der Waals surface area (Å²) < 4.78 is 1.17. The van der Waals surface area contributed by atoms with E-state index in [0.29, 0.717) is 11.2 Å². The van der Waals surface area contributed by atoms with Crippen LogP contribution < -0.4 is 5.32 Å². The third-order valence-corrected chi connectivity index (χ3v) is 5.83. The van der Waals surface area contributed by atoms with Crippen LogP contribution in [0.15, 0.2) is 42.6 Å². The van der Waals surface area contributed by atoms with Gasteiger partial charge in [-0.25, -0.2) is 9.97 Å². The number of nitrogens with zero attached hydrogens (tertiary/aromatic N) is 3. The maximum Gasteiger partial charge on any atom is 0.257 e. The Bertz CT molecular complexity index is 1000. The number of pyridine rings is 2. The second-order valence-corrected chi connectivity index (χ2v) is 8.45. The van der Waals surface area contributed by atoms with Crippen molar-refractivity contribution in [2.75, 3.05) is 18.4 Å². The Morgan fingerprint density at radius 2 is 1.72 bits per heavy atom. The van der Waals surface area contributed by atoms with Crippen LogP contribution in [-0.4, -0.2) is 33.9 Å². The van der Waals surface area contributed by atoms with Gasteiger partial charge in [-0.3, -0.25) is 4.79 Å². The van der Waals surface area contributed by atoms with Gasteiger partial charge in [0.25, 0.3) is 5.91 Å². The predicted octanol–water partition coefficient (Wildman–Crippen LogP) is 5.72. The third kappa shape index (κ3) is 4.98. The smallest absolute Gasteiger partial charge is 0.257 e. The minimum atomic E-state index is 0. The van der Waals surface area contributed by atoms with Crippen LogP contribution in [0.3, 0.4) is 0 Å². The van der Waals surface area contributed by atoms with Gasteiger partial charge in [-0.1, -0.05) is 12.8 Å². The first-order valence-corrected chi connectivity index (χ1v) is 10.8. The Labute approximate surface area is 190 Å². The quantitative estimate of drug-likeness (QED) is 0.447. The molecule has 1 amide bonds. The lowest BCUT2D eigenvalue weighted by molar-refractivity contribution is 0.0762. The van der Waals surface area contributed by atoms with Gasteiger partial charge in [0.05, 0.1) is 11.3 Å². The molecule has 0 aliphatic carbocycles. The highest BCUT2D eigenvalue weighted by atomic mass is 127. The summed E-state index contributed by atoms with van der Waals surface area (Å²) in [6, 6.07) is 12.1. The van der Waals surface area contributed by atoms with Crippen molar-refractivity contribution in [3.05, 3.63) is 57.4 Å². The first-order valence-electron chi connectivity index (χ1n) is 9.70. The summed E-state index contributed by atoms with van der Waals surface area (Å²) in [7, 11) is 0. The second-order valence-electron chi connectivity index (χ2n) is 7.21. The van der Waals surface area contributed by atoms with E-state index in [0.717, 1.165) is 48.4 Å². The van der Waals surface area contributed by atoms with Crippen molar-refractivity contribution in [2.24, 2.45) is 0 Å². The molecular weight excluding hydrogens is 499 g/mol. The molecule has 1 fully saturated rings. The fourth-order valence-corrected chi connectivity index (χ4v) is 3.95. The highest BCUT2D eigenvalue weighted by Gasteiger charge is 2.22. The average molecular weight is 523 g/mol. The van der Waals surface area contributed by atoms with E-state index in [1.54, 1.807) is 6.20 Å². The molecule has 0 unspecified atom stereocenters. The molecule has 0 atom stereocenters. The number of anilines is 2. The zero-order valence-corrected chi connectivity index (χ0v) is 19.3. The number of carbonyl (C=O) groups is 1. The third-order valence-electron chi connectivity index (χ3n) is 5.11. The van der Waals surface area contributed by atoms with Crippen LogP contribution in [-0.2, 0) is 0 Å². The van der Waals surface area contributed by atoms with Gasteiger partial charge >= 0.3 is 0 Å². The van der Waals surface area contributed by atoms with Gasteiger partial charge in [-0.05, 0) is 78.8 Å². The van der Waals surface area contributed by atoms with E-state index >= 15 is 0 Å². The summed E-state index contributed by atoms with van der Waals surface area (Å²) in [5, 5.41) is 4.33. The van der Waals surface area contributed by atoms with Crippen LogP contribution in [0.25, 0.3) is 11.0 Å². The van der Waals surface area contributed by atoms with E-state index in [1.807, 2.05) is 48.2 Å². The topological polar surface area (TPSA) is 58.1 Å². The van der Waals surface area contributed by atoms with Crippen LogP contribution in [0, 0.1) is 10.5 Å². The van der Waals surface area contributed by atoms with Crippen molar-refractivity contribution in [3.8, 4) is 0 Å². The number of benzene rings is 1. The molecule has 5 nitrogen and oxygen atoms in total. The Balaban J connectivity index is 0.00000240. The molecule has 0 spiro atoms. The van der Waals surface area contributed by atoms with Gasteiger partial charge in [-0.2, -0.15) is 0 Å². The first-order chi connectivity index (χ1) is 13.6. The summed E-state index contributed by atoms with van der Waals surface area (Å²) >= 11 is 2.29. The molecule has 1 N–H and O–H groups in total. The molecule has 1 saturated heterocycles. The van der Waals surface area contributed by atoms with Crippen LogP contribution in [0.2, 0.25) is 0 Å². The molecule has 29 heavy (non-hydrogen) atoms. The SMILES string of the molecule is Cc1ccc2c(Nc3ccc(I)cc3)c(C(=O)N3CCCCCC3)cnc2n1.Cl. The number of aromatic nitrogens is 2. The number of halogens is 2. The summed E-state index contributed by atoms with van der Waals surface area (Å²) in [5.41, 5.74) is 3.90. The maximum atomic E-state index is 13.4. The minimum absolute atomic E-state index is 0. The van der Waals surface area contributed by atoms with Crippen LogP contribution >= 0.6 is 35.0 Å². The molecule has 7 heteroatoms. The Hall–Kier alpha value is -1.93. The number of nitrogens with one attached hydrogen (secondary N) is 1. The lowest BCUT2D eigenvalue weighted by atomic mass is 10.1. The Kier molecular flexibility index (Phi) is 7.29. The van der Waals surface area contributed by atoms with Crippen molar-refractivity contribution in [3.63, 3.8) is 0 Å². The van der Waals surface area contributed by atoms with Gasteiger partial charge < -0.3 is 10.2 Å². The van der Waals surface area contributed by atoms with Gasteiger partial charge in [0.1, 0.15) is 0 Å². The fourth-order valence-electron chi connectivity index (χ4n) is 3.59. The van der Waals surface area contributed by atoms with Crippen LogP contribution in [0.1, 0.15) is 41.7 Å². The molecule has 0 radical (unpaired) electrons. The lowest BCUT2D eigenvalue weighted by Crippen LogP contribution is -2.32. The molecule has 1 aliphatic rings. The Morgan fingerprint density at radius 3 is 2.41 bits per heavy atom. The minimum Gasteiger partial charge on any atom is -0.354 e. The normalized spacial score (nSPS) is 14.2. The van der Waals surface area contributed by atoms with Gasteiger partial charge in [0.2, 0.25) is 0 Å². The number of hydrogen-bond acceptors (Lipinski definition) is 4. The van der Waals surface area contributed by atoms with Gasteiger partial charge in [0.15, 0.2) is 5.65 Å². The molecular formula is C22H24ClIN4O. The number of aryl methyl sites for hydroxylation is 1. The molecule has 0 bridgehead atoms. The highest BCUT2D eigenvalue weighted by molar-refractivity contribution is 14.1. The average Bonchev–Trinajstić information content (AvgIpc) is 2.99. The number of rotatable bonds is 3. The fraction of sp³-hybridized carbons (Fsp3) is 0.318. The summed E-state index contributed by atoms with van der Waals surface area (Å²) in [6.45, 7) is 3.57. The summed E-state index contributed by atoms with van der Waals surface area (Å²) in [6.07, 6.45) is 6.19. The molecule has 2 aromatic heterocycles. The van der Waals surface area contributed by atoms with E-state index in [9.17, 15) is 4.79 Å². The number of hydrogen-bond donors (Lipinski definition) is 1. The van der Waals surface area contributed by atoms with Gasteiger partial charge in [-0.15, -0.1) is 12.4 Å². The van der Waals surface area contributed by atoms with Crippen molar-refractivity contribution in [1.29, 1.82) is 0 Å². The van der Waals surface area contributed by atoms with E-state index in [1.165, 1.54) is 16.4 Å². The Morgan fingerprint density at radius 1 is 1.03 bits per heavy atom. The standard InChI is InChI=1S/C22H23IN4O.ClH/c1-15-6-11-18-20(26-17-9-7-16(23)8-10-17)19(14-24-21(18)25-15)22(28)27-12-4-2-3-5-13-27;/h6-11,14H,2-5,12-13H2,1H3,(H,24,25,26);1H. The summed E-state index contributed by atoms with van der Waals surface area (Å²) in [5.74, 6) is 0.0462. The monoisotopic (exact) mass is 522 g/mol. The molecule has 3 aromatic rings. The number of carbonyl (C=O) groups excluding carboxylic acids is 1. The molecule has 0 saturated carbocycles. The number of likely N-dealkylation sites (tertiary alicyclic amines) is 1. The maximum absolute atomic E-state index is 13.4. The van der Waals surface area contributed by atoms with Crippen molar-refractivity contribution in [1.82, 2.24) is 14.9 Å². The molecule has 4 rings (SSSR count). The van der Waals surface area contributed by atoms with E-state index in [4.69, 9.17) is 0 Å². The molecule has 1 aromatic carbocycles. The van der Waals surface area contributed by atoms with E-state index in [-0.39, 0.29) is 18.3 Å². The van der Waals surface area contributed by atoms with E-state index in [2.05, 4.69) is 37.9 Å². The number of fused-ring (bicyclic) bond motifs is 1. The van der Waals surface area contributed by atoms with Crippen molar-refractivity contribution >= 4 is 63.3 Å². The molecule has 152 valence electrons. The second kappa shape index (κ2) is 9.71. The van der Waals surface area contributed by atoms with E-state index < -0.39 is 0 Å². The largest absolute Gasteiger partial charge is 0.354 e.